The van der Waals surface area contributed by atoms with Gasteiger partial charge in [0, 0.05) is 17.8 Å². The van der Waals surface area contributed by atoms with Gasteiger partial charge in [0.1, 0.15) is 11.4 Å². The molecule has 6 atom stereocenters. The van der Waals surface area contributed by atoms with Gasteiger partial charge in [0.2, 0.25) is 5.91 Å². The van der Waals surface area contributed by atoms with E-state index in [2.05, 4.69) is 18.3 Å². The smallest absolute Gasteiger partial charge is 0.252 e. The number of ether oxygens (including phenoxy) is 1. The van der Waals surface area contributed by atoms with Gasteiger partial charge in [-0.25, -0.2) is 0 Å². The molecule has 2 aliphatic heterocycles. The molecule has 6 rings (SSSR count). The molecule has 1 unspecified atom stereocenters. The first kappa shape index (κ1) is 21.0. The van der Waals surface area contributed by atoms with E-state index in [9.17, 15) is 24.6 Å². The monoisotopic (exact) mass is 440 g/mol. The Bertz CT molecular complexity index is 1080. The number of rotatable bonds is 5. The van der Waals surface area contributed by atoms with Crippen molar-refractivity contribution in [3.8, 4) is 11.5 Å². The van der Waals surface area contributed by atoms with E-state index in [-0.39, 0.29) is 52.2 Å². The number of nitrogens with two attached hydrogens (primary N) is 1. The molecule has 8 heteroatoms. The minimum Gasteiger partial charge on any atom is -0.506 e. The van der Waals surface area contributed by atoms with Crippen LogP contribution in [0.1, 0.15) is 56.3 Å². The maximum Gasteiger partial charge on any atom is 0.252 e. The van der Waals surface area contributed by atoms with Crippen molar-refractivity contribution in [2.24, 2.45) is 28.4 Å². The molecular weight excluding hydrogens is 412 g/mol. The predicted octanol–water partition coefficient (Wildman–Crippen LogP) is 2.63. The summed E-state index contributed by atoms with van der Waals surface area (Å²) in [7, 11) is 0. The summed E-state index contributed by atoms with van der Waals surface area (Å²) in [5.74, 6) is -1.78. The first-order valence-electron chi connectivity index (χ1n) is 11.1. The maximum atomic E-state index is 13.1. The number of phenolic OH excluding ortho intramolecular Hbond substituents is 1. The zero-order chi connectivity index (χ0) is 23.1. The lowest BCUT2D eigenvalue weighted by Gasteiger charge is -2.55. The number of hydrogen-bond acceptors (Lipinski definition) is 6. The standard InChI is InChI=1S/C24H28N2O6/c1-22(7-6-17(29)26-18-14(27)4-3-13(19(18)30)21(25)31)16(28)5-8-24-10-12-9-15(20(22)24)32-23(12,2)11-24/h3-5,8,12,15,20,27,30H,6-7,9-11H2,1-2H3,(H2,25,31)(H,26,29)/t12-,15+,20?,22-,23+,24+/m1/s1. The third-order valence-electron chi connectivity index (χ3n) is 8.47. The van der Waals surface area contributed by atoms with Gasteiger partial charge in [-0.1, -0.05) is 13.0 Å². The van der Waals surface area contributed by atoms with Gasteiger partial charge < -0.3 is 26.0 Å². The molecule has 0 aromatic heterocycles. The molecule has 5 aliphatic rings. The SMILES string of the molecule is C[C@@]1(CCC(=O)Nc2c(O)ccc(C(N)=O)c2O)C(=O)C=C[C@]23C[C@H]4C[C@H](O[C@@]4(C)C2)C31. The summed E-state index contributed by atoms with van der Waals surface area (Å²) >= 11 is 0. The molecule has 8 nitrogen and oxygen atoms in total. The Kier molecular flexibility index (Phi) is 4.31. The number of benzene rings is 1. The molecule has 1 aromatic carbocycles. The quantitative estimate of drug-likeness (QED) is 0.519. The Morgan fingerprint density at radius 2 is 2.03 bits per heavy atom. The fraction of sp³-hybridized carbons (Fsp3) is 0.542. The van der Waals surface area contributed by atoms with Crippen molar-refractivity contribution < 1.29 is 29.3 Å². The fourth-order valence-electron chi connectivity index (χ4n) is 7.12. The summed E-state index contributed by atoms with van der Waals surface area (Å²) in [5, 5.41) is 22.7. The van der Waals surface area contributed by atoms with E-state index in [1.165, 1.54) is 12.1 Å². The van der Waals surface area contributed by atoms with Crippen LogP contribution in [-0.4, -0.2) is 39.5 Å². The number of aromatic hydroxyl groups is 2. The highest BCUT2D eigenvalue weighted by atomic mass is 16.5. The number of carbonyl (C=O) groups is 3. The summed E-state index contributed by atoms with van der Waals surface area (Å²) in [5.41, 5.74) is 3.82. The molecule has 4 bridgehead atoms. The Labute approximate surface area is 185 Å². The van der Waals surface area contributed by atoms with Crippen LogP contribution in [0.4, 0.5) is 5.69 Å². The van der Waals surface area contributed by atoms with Gasteiger partial charge in [-0.3, -0.25) is 14.4 Å². The van der Waals surface area contributed by atoms with Crippen molar-refractivity contribution in [1.82, 2.24) is 0 Å². The fourth-order valence-corrected chi connectivity index (χ4v) is 7.12. The van der Waals surface area contributed by atoms with Gasteiger partial charge in [-0.15, -0.1) is 0 Å². The highest BCUT2D eigenvalue weighted by molar-refractivity contribution is 6.02. The number of anilines is 1. The minimum atomic E-state index is -0.880. The zero-order valence-electron chi connectivity index (χ0n) is 18.2. The van der Waals surface area contributed by atoms with E-state index < -0.39 is 23.0 Å². The normalized spacial score (nSPS) is 38.7. The third kappa shape index (κ3) is 2.75. The maximum absolute atomic E-state index is 13.1. The summed E-state index contributed by atoms with van der Waals surface area (Å²) < 4.78 is 6.42. The summed E-state index contributed by atoms with van der Waals surface area (Å²) in [6, 6.07) is 2.36. The highest BCUT2D eigenvalue weighted by Gasteiger charge is 2.71. The average Bonchev–Trinajstić information content (AvgIpc) is 3.08. The molecule has 2 saturated carbocycles. The van der Waals surface area contributed by atoms with Gasteiger partial charge >= 0.3 is 0 Å². The molecule has 0 radical (unpaired) electrons. The van der Waals surface area contributed by atoms with E-state index in [1.807, 2.05) is 6.92 Å². The molecule has 2 amide bonds. The van der Waals surface area contributed by atoms with Crippen molar-refractivity contribution in [2.75, 3.05) is 5.32 Å². The molecule has 2 heterocycles. The Hall–Kier alpha value is -2.87. The van der Waals surface area contributed by atoms with Crippen LogP contribution < -0.4 is 11.1 Å². The number of nitrogens with one attached hydrogen (secondary N) is 1. The second-order valence-electron chi connectivity index (χ2n) is 10.4. The molecule has 1 aromatic rings. The van der Waals surface area contributed by atoms with Gasteiger partial charge in [0.05, 0.1) is 17.3 Å². The van der Waals surface area contributed by atoms with E-state index in [0.717, 1.165) is 19.3 Å². The van der Waals surface area contributed by atoms with Crippen LogP contribution in [-0.2, 0) is 14.3 Å². The van der Waals surface area contributed by atoms with Crippen LogP contribution in [0, 0.1) is 22.7 Å². The molecule has 170 valence electrons. The van der Waals surface area contributed by atoms with Crippen molar-refractivity contribution in [3.05, 3.63) is 29.8 Å². The number of carbonyl (C=O) groups excluding carboxylic acids is 3. The first-order valence-corrected chi connectivity index (χ1v) is 11.1. The molecule has 5 N–H and O–H groups in total. The average molecular weight is 440 g/mol. The Balaban J connectivity index is 1.36. The van der Waals surface area contributed by atoms with Crippen LogP contribution in [0.2, 0.25) is 0 Å². The highest BCUT2D eigenvalue weighted by Crippen LogP contribution is 2.71. The summed E-state index contributed by atoms with van der Waals surface area (Å²) in [6.45, 7) is 4.11. The number of ketones is 1. The van der Waals surface area contributed by atoms with Crippen LogP contribution in [0.3, 0.4) is 0 Å². The van der Waals surface area contributed by atoms with Gasteiger partial charge in [0.15, 0.2) is 11.5 Å². The molecule has 3 aliphatic carbocycles. The van der Waals surface area contributed by atoms with Crippen molar-refractivity contribution >= 4 is 23.3 Å². The van der Waals surface area contributed by atoms with Gasteiger partial charge in [-0.2, -0.15) is 0 Å². The lowest BCUT2D eigenvalue weighted by Crippen LogP contribution is -2.56. The van der Waals surface area contributed by atoms with E-state index in [0.29, 0.717) is 12.3 Å². The van der Waals surface area contributed by atoms with Crippen LogP contribution in [0.5, 0.6) is 11.5 Å². The molecule has 2 saturated heterocycles. The second-order valence-corrected chi connectivity index (χ2v) is 10.4. The Morgan fingerprint density at radius 1 is 1.28 bits per heavy atom. The number of phenols is 2. The summed E-state index contributed by atoms with van der Waals surface area (Å²) in [4.78, 5) is 37.3. The predicted molar refractivity (Wildman–Crippen MR) is 115 cm³/mol. The number of hydrogen-bond donors (Lipinski definition) is 4. The molecular formula is C24H28N2O6. The lowest BCUT2D eigenvalue weighted by molar-refractivity contribution is -0.169. The largest absolute Gasteiger partial charge is 0.506 e. The van der Waals surface area contributed by atoms with E-state index >= 15 is 0 Å². The first-order chi connectivity index (χ1) is 15.0. The summed E-state index contributed by atoms with van der Waals surface area (Å²) in [6.07, 6.45) is 6.99. The van der Waals surface area contributed by atoms with E-state index in [4.69, 9.17) is 10.5 Å². The molecule has 32 heavy (non-hydrogen) atoms. The van der Waals surface area contributed by atoms with Gasteiger partial charge in [-0.05, 0) is 62.1 Å². The molecule has 4 fully saturated rings. The van der Waals surface area contributed by atoms with Crippen molar-refractivity contribution in [3.63, 3.8) is 0 Å². The zero-order valence-corrected chi connectivity index (χ0v) is 18.2. The van der Waals surface area contributed by atoms with Crippen LogP contribution in [0.15, 0.2) is 24.3 Å². The van der Waals surface area contributed by atoms with Crippen LogP contribution >= 0.6 is 0 Å². The van der Waals surface area contributed by atoms with Crippen molar-refractivity contribution in [1.29, 1.82) is 0 Å². The number of primary amides is 1. The van der Waals surface area contributed by atoms with Crippen LogP contribution in [0.25, 0.3) is 0 Å². The minimum absolute atomic E-state index is 0.00454. The topological polar surface area (TPSA) is 139 Å². The van der Waals surface area contributed by atoms with Gasteiger partial charge in [0.25, 0.3) is 5.91 Å². The second kappa shape index (κ2) is 6.57. The lowest BCUT2D eigenvalue weighted by atomic mass is 9.51. The van der Waals surface area contributed by atoms with E-state index in [1.54, 1.807) is 6.08 Å². The number of allylic oxidation sites excluding steroid dienone is 2. The third-order valence-corrected chi connectivity index (χ3v) is 8.47. The number of amides is 2. The molecule has 1 spiro atoms. The van der Waals surface area contributed by atoms with Crippen molar-refractivity contribution in [2.45, 2.75) is 57.7 Å². The Morgan fingerprint density at radius 3 is 2.72 bits per heavy atom.